The molecule has 7 heteroatoms. The zero-order chi connectivity index (χ0) is 25.4. The van der Waals surface area contributed by atoms with Crippen molar-refractivity contribution in [3.8, 4) is 11.5 Å². The molecule has 0 saturated carbocycles. The molecule has 0 unspecified atom stereocenters. The van der Waals surface area contributed by atoms with E-state index >= 15 is 0 Å². The second-order valence-corrected chi connectivity index (χ2v) is 8.52. The number of ether oxygens (including phenoxy) is 2. The Bertz CT molecular complexity index is 1040. The number of ketones is 1. The first-order valence-electron chi connectivity index (χ1n) is 12.3. The molecule has 0 aromatic heterocycles. The number of carbonyl (C=O) groups is 2. The van der Waals surface area contributed by atoms with Gasteiger partial charge in [0.05, 0.1) is 25.3 Å². The van der Waals surface area contributed by atoms with Gasteiger partial charge in [-0.15, -0.1) is 0 Å². The van der Waals surface area contributed by atoms with E-state index in [2.05, 4.69) is 18.7 Å². The van der Waals surface area contributed by atoms with E-state index in [1.165, 1.54) is 0 Å². The average molecular weight is 481 g/mol. The van der Waals surface area contributed by atoms with Crippen LogP contribution in [0.25, 0.3) is 5.76 Å². The van der Waals surface area contributed by atoms with Gasteiger partial charge in [0.15, 0.2) is 0 Å². The highest BCUT2D eigenvalue weighted by Gasteiger charge is 2.45. The topological polar surface area (TPSA) is 79.3 Å². The van der Waals surface area contributed by atoms with Crippen molar-refractivity contribution in [3.63, 3.8) is 0 Å². The van der Waals surface area contributed by atoms with Gasteiger partial charge in [-0.05, 0) is 74.4 Å². The zero-order valence-electron chi connectivity index (χ0n) is 21.1. The number of rotatable bonds is 12. The Morgan fingerprint density at radius 3 is 2.37 bits per heavy atom. The SMILES string of the molecule is CCCOc1cccc([C@H]2C(=C(O)c3ccc(OC)cc3)C(=O)C(=O)N2CCCN(CC)CC)c1. The predicted octanol–water partition coefficient (Wildman–Crippen LogP) is 4.64. The zero-order valence-corrected chi connectivity index (χ0v) is 21.1. The van der Waals surface area contributed by atoms with Gasteiger partial charge < -0.3 is 24.4 Å². The summed E-state index contributed by atoms with van der Waals surface area (Å²) in [7, 11) is 1.56. The van der Waals surface area contributed by atoms with Crippen LogP contribution in [-0.2, 0) is 9.59 Å². The van der Waals surface area contributed by atoms with Crippen molar-refractivity contribution < 1.29 is 24.2 Å². The fourth-order valence-electron chi connectivity index (χ4n) is 4.36. The van der Waals surface area contributed by atoms with E-state index in [9.17, 15) is 14.7 Å². The minimum atomic E-state index is -0.695. The summed E-state index contributed by atoms with van der Waals surface area (Å²) in [6.45, 7) is 9.88. The molecule has 3 rings (SSSR count). The molecule has 1 aliphatic heterocycles. The molecule has 35 heavy (non-hydrogen) atoms. The van der Waals surface area contributed by atoms with Crippen molar-refractivity contribution in [2.45, 2.75) is 39.7 Å². The van der Waals surface area contributed by atoms with E-state index in [1.54, 1.807) is 36.3 Å². The molecular weight excluding hydrogens is 444 g/mol. The molecule has 1 amide bonds. The Kier molecular flexibility index (Phi) is 9.32. The van der Waals surface area contributed by atoms with E-state index in [1.807, 2.05) is 31.2 Å². The first-order valence-corrected chi connectivity index (χ1v) is 12.3. The second kappa shape index (κ2) is 12.4. The number of nitrogens with zero attached hydrogens (tertiary/aromatic N) is 2. The summed E-state index contributed by atoms with van der Waals surface area (Å²) in [5.74, 6) is -0.157. The van der Waals surface area contributed by atoms with Gasteiger partial charge in [0.25, 0.3) is 11.7 Å². The summed E-state index contributed by atoms with van der Waals surface area (Å²) in [6, 6.07) is 13.5. The van der Waals surface area contributed by atoms with E-state index in [0.29, 0.717) is 30.2 Å². The van der Waals surface area contributed by atoms with Crippen LogP contribution in [0.1, 0.15) is 50.8 Å². The van der Waals surface area contributed by atoms with Crippen molar-refractivity contribution in [2.24, 2.45) is 0 Å². The first kappa shape index (κ1) is 26.3. The summed E-state index contributed by atoms with van der Waals surface area (Å²) in [5, 5.41) is 11.2. The third-order valence-electron chi connectivity index (χ3n) is 6.32. The molecule has 2 aromatic carbocycles. The van der Waals surface area contributed by atoms with Crippen molar-refractivity contribution in [2.75, 3.05) is 39.9 Å². The van der Waals surface area contributed by atoms with Gasteiger partial charge in [0.2, 0.25) is 0 Å². The van der Waals surface area contributed by atoms with E-state index in [-0.39, 0.29) is 11.3 Å². The molecule has 0 bridgehead atoms. The molecule has 1 N–H and O–H groups in total. The van der Waals surface area contributed by atoms with Gasteiger partial charge in [0, 0.05) is 12.1 Å². The molecule has 0 aliphatic carbocycles. The monoisotopic (exact) mass is 480 g/mol. The quantitative estimate of drug-likeness (QED) is 0.271. The Labute approximate surface area is 207 Å². The summed E-state index contributed by atoms with van der Waals surface area (Å²) in [5.41, 5.74) is 1.28. The van der Waals surface area contributed by atoms with Crippen LogP contribution in [0.3, 0.4) is 0 Å². The Balaban J connectivity index is 2.03. The van der Waals surface area contributed by atoms with Gasteiger partial charge in [-0.1, -0.05) is 32.9 Å². The molecule has 1 aliphatic rings. The largest absolute Gasteiger partial charge is 0.507 e. The predicted molar refractivity (Wildman–Crippen MR) is 137 cm³/mol. The van der Waals surface area contributed by atoms with Crippen LogP contribution < -0.4 is 9.47 Å². The highest BCUT2D eigenvalue weighted by Crippen LogP contribution is 2.40. The fourth-order valence-corrected chi connectivity index (χ4v) is 4.36. The molecule has 188 valence electrons. The summed E-state index contributed by atoms with van der Waals surface area (Å²) in [4.78, 5) is 30.3. The number of hydrogen-bond donors (Lipinski definition) is 1. The lowest BCUT2D eigenvalue weighted by molar-refractivity contribution is -0.140. The number of methoxy groups -OCH3 is 1. The van der Waals surface area contributed by atoms with Crippen LogP contribution in [0, 0.1) is 0 Å². The van der Waals surface area contributed by atoms with Gasteiger partial charge in [-0.25, -0.2) is 0 Å². The second-order valence-electron chi connectivity index (χ2n) is 8.52. The molecule has 1 atom stereocenters. The number of aliphatic hydroxyl groups is 1. The number of hydrogen-bond acceptors (Lipinski definition) is 6. The van der Waals surface area contributed by atoms with Gasteiger partial charge in [-0.2, -0.15) is 0 Å². The normalized spacial score (nSPS) is 17.3. The van der Waals surface area contributed by atoms with Crippen LogP contribution in [0.5, 0.6) is 11.5 Å². The van der Waals surface area contributed by atoms with Crippen LogP contribution in [0.2, 0.25) is 0 Å². The van der Waals surface area contributed by atoms with Crippen LogP contribution in [0.4, 0.5) is 0 Å². The lowest BCUT2D eigenvalue weighted by Gasteiger charge is -2.27. The molecule has 0 radical (unpaired) electrons. The highest BCUT2D eigenvalue weighted by atomic mass is 16.5. The van der Waals surface area contributed by atoms with Gasteiger partial charge >= 0.3 is 0 Å². The summed E-state index contributed by atoms with van der Waals surface area (Å²) in [6.07, 6.45) is 1.59. The number of amides is 1. The number of Topliss-reactive ketones (excluding diaryl/α,β-unsaturated/α-hetero) is 1. The van der Waals surface area contributed by atoms with Gasteiger partial charge in [0.1, 0.15) is 17.3 Å². The smallest absolute Gasteiger partial charge is 0.295 e. The minimum Gasteiger partial charge on any atom is -0.507 e. The van der Waals surface area contributed by atoms with Crippen LogP contribution in [-0.4, -0.2) is 66.5 Å². The van der Waals surface area contributed by atoms with Crippen molar-refractivity contribution in [1.29, 1.82) is 0 Å². The first-order chi connectivity index (χ1) is 16.9. The van der Waals surface area contributed by atoms with E-state index in [4.69, 9.17) is 9.47 Å². The fraction of sp³-hybridized carbons (Fsp3) is 0.429. The number of benzene rings is 2. The maximum atomic E-state index is 13.2. The molecule has 1 fully saturated rings. The van der Waals surface area contributed by atoms with E-state index < -0.39 is 17.7 Å². The average Bonchev–Trinajstić information content (AvgIpc) is 3.14. The minimum absolute atomic E-state index is 0.0932. The number of carbonyl (C=O) groups excluding carboxylic acids is 2. The molecule has 1 heterocycles. The molecule has 1 saturated heterocycles. The van der Waals surface area contributed by atoms with Crippen molar-refractivity contribution >= 4 is 17.4 Å². The Morgan fingerprint density at radius 1 is 1.03 bits per heavy atom. The van der Waals surface area contributed by atoms with E-state index in [0.717, 1.165) is 38.0 Å². The number of aliphatic hydroxyl groups excluding tert-OH is 1. The third-order valence-corrected chi connectivity index (χ3v) is 6.32. The lowest BCUT2D eigenvalue weighted by atomic mass is 9.95. The third kappa shape index (κ3) is 6.03. The maximum Gasteiger partial charge on any atom is 0.295 e. The van der Waals surface area contributed by atoms with Crippen LogP contribution in [0.15, 0.2) is 54.1 Å². The molecular formula is C28H36N2O5. The standard InChI is InChI=1S/C28H36N2O5/c1-5-18-35-23-11-8-10-21(19-23)25-24(26(31)20-12-14-22(34-4)15-13-20)27(32)28(33)30(25)17-9-16-29(6-2)7-3/h8,10-15,19,25,31H,5-7,9,16-18H2,1-4H3/t25-/m0/s1. The van der Waals surface area contributed by atoms with Crippen molar-refractivity contribution in [3.05, 3.63) is 65.2 Å². The highest BCUT2D eigenvalue weighted by molar-refractivity contribution is 6.46. The van der Waals surface area contributed by atoms with Crippen molar-refractivity contribution in [1.82, 2.24) is 9.80 Å². The van der Waals surface area contributed by atoms with Gasteiger partial charge in [-0.3, -0.25) is 9.59 Å². The molecule has 2 aromatic rings. The maximum absolute atomic E-state index is 13.2. The molecule has 0 spiro atoms. The Morgan fingerprint density at radius 2 is 1.74 bits per heavy atom. The lowest BCUT2D eigenvalue weighted by Crippen LogP contribution is -2.33. The number of likely N-dealkylation sites (tertiary alicyclic amines) is 1. The van der Waals surface area contributed by atoms with Crippen LogP contribution >= 0.6 is 0 Å². The molecule has 7 nitrogen and oxygen atoms in total. The Hall–Kier alpha value is -3.32. The summed E-state index contributed by atoms with van der Waals surface area (Å²) < 4.78 is 11.0. The summed E-state index contributed by atoms with van der Waals surface area (Å²) >= 11 is 0.